The zero-order valence-electron chi connectivity index (χ0n) is 14.4. The molecule has 21 heavy (non-hydrogen) atoms. The van der Waals surface area contributed by atoms with Crippen LogP contribution in [0.15, 0.2) is 0 Å². The first-order valence-corrected chi connectivity index (χ1v) is 9.46. The van der Waals surface area contributed by atoms with Crippen molar-refractivity contribution in [2.75, 3.05) is 26.2 Å². The van der Waals surface area contributed by atoms with Crippen LogP contribution in [0.1, 0.15) is 71.6 Å². The Kier molecular flexibility index (Phi) is 7.48. The molecule has 3 nitrogen and oxygen atoms in total. The molecule has 2 aliphatic rings. The lowest BCUT2D eigenvalue weighted by atomic mass is 9.94. The maximum Gasteiger partial charge on any atom is 0.0224 e. The number of unbranched alkanes of at least 4 members (excludes halogenated alkanes) is 4. The summed E-state index contributed by atoms with van der Waals surface area (Å²) >= 11 is 0. The van der Waals surface area contributed by atoms with Crippen LogP contribution in [0.5, 0.6) is 0 Å². The average molecular weight is 296 g/mol. The topological polar surface area (TPSA) is 32.5 Å². The molecule has 0 bridgehead atoms. The summed E-state index contributed by atoms with van der Waals surface area (Å²) in [4.78, 5) is 5.48. The SMILES string of the molecule is CCCCCCCC(CN)N1CC2CCCCN2CC1C. The van der Waals surface area contributed by atoms with E-state index in [1.54, 1.807) is 0 Å². The van der Waals surface area contributed by atoms with Gasteiger partial charge in [-0.25, -0.2) is 0 Å². The van der Waals surface area contributed by atoms with E-state index in [0.717, 1.165) is 12.6 Å². The van der Waals surface area contributed by atoms with Gasteiger partial charge in [-0.2, -0.15) is 0 Å². The standard InChI is InChI=1S/C18H37N3/c1-3-4-5-6-7-10-17(13-19)21-15-18-11-8-9-12-20(18)14-16(21)2/h16-18H,3-15,19H2,1-2H3. The van der Waals surface area contributed by atoms with E-state index in [2.05, 4.69) is 23.6 Å². The monoisotopic (exact) mass is 295 g/mol. The first-order chi connectivity index (χ1) is 10.3. The molecule has 2 aliphatic heterocycles. The van der Waals surface area contributed by atoms with Crippen molar-refractivity contribution in [2.24, 2.45) is 5.73 Å². The highest BCUT2D eigenvalue weighted by Crippen LogP contribution is 2.26. The van der Waals surface area contributed by atoms with Gasteiger partial charge in [0, 0.05) is 37.8 Å². The van der Waals surface area contributed by atoms with E-state index in [1.807, 2.05) is 0 Å². The predicted molar refractivity (Wildman–Crippen MR) is 91.6 cm³/mol. The highest BCUT2D eigenvalue weighted by Gasteiger charge is 2.35. The summed E-state index contributed by atoms with van der Waals surface area (Å²) in [6.45, 7) is 9.38. The van der Waals surface area contributed by atoms with Crippen LogP contribution in [0.25, 0.3) is 0 Å². The molecule has 0 aliphatic carbocycles. The van der Waals surface area contributed by atoms with Crippen LogP contribution in [0, 0.1) is 0 Å². The van der Waals surface area contributed by atoms with Crippen LogP contribution in [-0.4, -0.2) is 54.1 Å². The summed E-state index contributed by atoms with van der Waals surface area (Å²) in [5.41, 5.74) is 6.12. The quantitative estimate of drug-likeness (QED) is 0.698. The fraction of sp³-hybridized carbons (Fsp3) is 1.00. The second-order valence-corrected chi connectivity index (χ2v) is 7.28. The Morgan fingerprint density at radius 2 is 1.90 bits per heavy atom. The van der Waals surface area contributed by atoms with Crippen LogP contribution in [0.4, 0.5) is 0 Å². The molecule has 0 saturated carbocycles. The minimum Gasteiger partial charge on any atom is -0.329 e. The Hall–Kier alpha value is -0.120. The summed E-state index contributed by atoms with van der Waals surface area (Å²) in [6, 6.07) is 2.11. The number of piperidine rings is 1. The van der Waals surface area contributed by atoms with Crippen molar-refractivity contribution < 1.29 is 0 Å². The zero-order valence-corrected chi connectivity index (χ0v) is 14.4. The molecule has 124 valence electrons. The Morgan fingerprint density at radius 1 is 1.10 bits per heavy atom. The molecule has 3 atom stereocenters. The first kappa shape index (κ1) is 17.2. The van der Waals surface area contributed by atoms with E-state index in [-0.39, 0.29) is 0 Å². The molecule has 3 heteroatoms. The summed E-state index contributed by atoms with van der Waals surface area (Å²) in [5, 5.41) is 0. The molecule has 0 amide bonds. The van der Waals surface area contributed by atoms with Gasteiger partial charge in [-0.15, -0.1) is 0 Å². The van der Waals surface area contributed by atoms with Crippen molar-refractivity contribution >= 4 is 0 Å². The third-order valence-electron chi connectivity index (χ3n) is 5.62. The van der Waals surface area contributed by atoms with Crippen LogP contribution < -0.4 is 5.73 Å². The normalized spacial score (nSPS) is 29.3. The largest absolute Gasteiger partial charge is 0.329 e. The Morgan fingerprint density at radius 3 is 2.67 bits per heavy atom. The van der Waals surface area contributed by atoms with E-state index in [1.165, 1.54) is 77.4 Å². The van der Waals surface area contributed by atoms with Gasteiger partial charge in [0.15, 0.2) is 0 Å². The highest BCUT2D eigenvalue weighted by atomic mass is 15.3. The number of piperazine rings is 1. The van der Waals surface area contributed by atoms with Crippen LogP contribution in [-0.2, 0) is 0 Å². The molecule has 2 heterocycles. The fourth-order valence-corrected chi connectivity index (χ4v) is 4.29. The zero-order chi connectivity index (χ0) is 15.1. The van der Waals surface area contributed by atoms with Crippen molar-refractivity contribution in [3.05, 3.63) is 0 Å². The minimum absolute atomic E-state index is 0.616. The average Bonchev–Trinajstić information content (AvgIpc) is 2.51. The minimum atomic E-state index is 0.616. The molecule has 2 saturated heterocycles. The van der Waals surface area contributed by atoms with E-state index in [9.17, 15) is 0 Å². The predicted octanol–water partition coefficient (Wildman–Crippen LogP) is 3.23. The van der Waals surface area contributed by atoms with Gasteiger partial charge in [0.25, 0.3) is 0 Å². The molecule has 0 radical (unpaired) electrons. The molecule has 2 N–H and O–H groups in total. The maximum absolute atomic E-state index is 6.12. The molecule has 2 rings (SSSR count). The van der Waals surface area contributed by atoms with Crippen molar-refractivity contribution in [3.8, 4) is 0 Å². The fourth-order valence-electron chi connectivity index (χ4n) is 4.29. The number of rotatable bonds is 8. The first-order valence-electron chi connectivity index (χ1n) is 9.46. The third kappa shape index (κ3) is 4.94. The molecule has 0 spiro atoms. The number of hydrogen-bond donors (Lipinski definition) is 1. The van der Waals surface area contributed by atoms with Crippen molar-refractivity contribution in [3.63, 3.8) is 0 Å². The van der Waals surface area contributed by atoms with Crippen LogP contribution in [0.3, 0.4) is 0 Å². The Bertz CT molecular complexity index is 282. The van der Waals surface area contributed by atoms with Gasteiger partial charge in [-0.3, -0.25) is 9.80 Å². The molecule has 0 aromatic rings. The second kappa shape index (κ2) is 9.12. The van der Waals surface area contributed by atoms with E-state index in [4.69, 9.17) is 5.73 Å². The number of nitrogens with two attached hydrogens (primary N) is 1. The lowest BCUT2D eigenvalue weighted by Crippen LogP contribution is -2.62. The van der Waals surface area contributed by atoms with E-state index in [0.29, 0.717) is 12.1 Å². The summed E-state index contributed by atoms with van der Waals surface area (Å²) in [5.74, 6) is 0. The lowest BCUT2D eigenvalue weighted by molar-refractivity contribution is -0.00819. The van der Waals surface area contributed by atoms with Crippen molar-refractivity contribution in [2.45, 2.75) is 89.8 Å². The molecular weight excluding hydrogens is 258 g/mol. The third-order valence-corrected chi connectivity index (χ3v) is 5.62. The number of hydrogen-bond acceptors (Lipinski definition) is 3. The van der Waals surface area contributed by atoms with Gasteiger partial charge < -0.3 is 5.73 Å². The lowest BCUT2D eigenvalue weighted by Gasteiger charge is -2.50. The van der Waals surface area contributed by atoms with Crippen LogP contribution in [0.2, 0.25) is 0 Å². The van der Waals surface area contributed by atoms with Gasteiger partial charge in [0.05, 0.1) is 0 Å². The van der Waals surface area contributed by atoms with Crippen LogP contribution >= 0.6 is 0 Å². The van der Waals surface area contributed by atoms with Gasteiger partial charge >= 0.3 is 0 Å². The summed E-state index contributed by atoms with van der Waals surface area (Å²) in [7, 11) is 0. The smallest absolute Gasteiger partial charge is 0.0224 e. The molecule has 0 aromatic heterocycles. The summed E-state index contributed by atoms with van der Waals surface area (Å²) < 4.78 is 0. The van der Waals surface area contributed by atoms with Crippen molar-refractivity contribution in [1.29, 1.82) is 0 Å². The maximum atomic E-state index is 6.12. The van der Waals surface area contributed by atoms with E-state index < -0.39 is 0 Å². The van der Waals surface area contributed by atoms with Gasteiger partial charge in [0.2, 0.25) is 0 Å². The highest BCUT2D eigenvalue weighted by molar-refractivity contribution is 4.92. The molecular formula is C18H37N3. The molecule has 3 unspecified atom stereocenters. The van der Waals surface area contributed by atoms with Gasteiger partial charge in [0.1, 0.15) is 0 Å². The number of nitrogens with zero attached hydrogens (tertiary/aromatic N) is 2. The Balaban J connectivity index is 1.79. The van der Waals surface area contributed by atoms with E-state index >= 15 is 0 Å². The Labute approximate surface area is 132 Å². The molecule has 0 aromatic carbocycles. The van der Waals surface area contributed by atoms with Crippen molar-refractivity contribution in [1.82, 2.24) is 9.80 Å². The second-order valence-electron chi connectivity index (χ2n) is 7.28. The number of fused-ring (bicyclic) bond motifs is 1. The molecule has 2 fully saturated rings. The van der Waals surface area contributed by atoms with Gasteiger partial charge in [-0.05, 0) is 32.7 Å². The van der Waals surface area contributed by atoms with Gasteiger partial charge in [-0.1, -0.05) is 45.4 Å². The summed E-state index contributed by atoms with van der Waals surface area (Å²) in [6.07, 6.45) is 12.4.